The lowest BCUT2D eigenvalue weighted by atomic mass is 9.70. The van der Waals surface area contributed by atoms with Crippen LogP contribution in [0, 0.1) is 6.92 Å². The molecule has 1 atom stereocenters. The number of aryl methyl sites for hydroxylation is 3. The quantitative estimate of drug-likeness (QED) is 0.473. The topological polar surface area (TPSA) is 119 Å². The van der Waals surface area contributed by atoms with Gasteiger partial charge in [-0.2, -0.15) is 0 Å². The van der Waals surface area contributed by atoms with Gasteiger partial charge >= 0.3 is 5.88 Å². The lowest BCUT2D eigenvalue weighted by Crippen LogP contribution is -2.44. The Kier molecular flexibility index (Phi) is 7.14. The first-order chi connectivity index (χ1) is 17.5. The van der Waals surface area contributed by atoms with Crippen LogP contribution in [0.2, 0.25) is 0 Å². The van der Waals surface area contributed by atoms with Crippen LogP contribution in [0.4, 0.5) is 5.82 Å². The van der Waals surface area contributed by atoms with Crippen molar-refractivity contribution in [3.63, 3.8) is 0 Å². The predicted octanol–water partition coefficient (Wildman–Crippen LogP) is 2.68. The van der Waals surface area contributed by atoms with Crippen molar-refractivity contribution in [3.05, 3.63) is 70.5 Å². The summed E-state index contributed by atoms with van der Waals surface area (Å²) in [4.78, 5) is 31.2. The number of ether oxygens (including phenoxy) is 1. The molecule has 37 heavy (non-hydrogen) atoms. The third-order valence-corrected chi connectivity index (χ3v) is 8.66. The normalized spacial score (nSPS) is 17.3. The van der Waals surface area contributed by atoms with Crippen molar-refractivity contribution in [1.29, 1.82) is 0 Å². The largest absolute Gasteiger partial charge is 0.446 e. The van der Waals surface area contributed by atoms with Crippen LogP contribution >= 0.6 is 0 Å². The average Bonchev–Trinajstić information content (AvgIpc) is 2.86. The second-order valence-electron chi connectivity index (χ2n) is 9.46. The van der Waals surface area contributed by atoms with Crippen molar-refractivity contribution in [2.45, 2.75) is 50.3 Å². The summed E-state index contributed by atoms with van der Waals surface area (Å²) in [7, 11) is 0.0546. The van der Waals surface area contributed by atoms with Crippen LogP contribution in [0.1, 0.15) is 53.1 Å². The zero-order valence-corrected chi connectivity index (χ0v) is 22.5. The van der Waals surface area contributed by atoms with Gasteiger partial charge in [-0.15, -0.1) is 0 Å². The number of hydrogen-bond donors (Lipinski definition) is 1. The van der Waals surface area contributed by atoms with Crippen molar-refractivity contribution >= 4 is 27.3 Å². The molecule has 4 rings (SSSR count). The number of sulfone groups is 1. The van der Waals surface area contributed by atoms with Gasteiger partial charge < -0.3 is 10.1 Å². The summed E-state index contributed by atoms with van der Waals surface area (Å²) in [5, 5.41) is 7.39. The number of aromatic nitrogens is 3. The zero-order valence-electron chi connectivity index (χ0n) is 21.7. The smallest absolute Gasteiger partial charge is 0.392 e. The van der Waals surface area contributed by atoms with Crippen LogP contribution in [0.3, 0.4) is 0 Å². The number of nitrogens with zero attached hydrogens (tertiary/aromatic N) is 3. The van der Waals surface area contributed by atoms with Crippen molar-refractivity contribution in [3.8, 4) is 5.88 Å². The molecule has 3 aromatic rings. The number of fused-ring (bicyclic) bond motifs is 1. The Balaban J connectivity index is 1.52. The van der Waals surface area contributed by atoms with Gasteiger partial charge in [0.2, 0.25) is 5.91 Å². The molecule has 194 valence electrons. The van der Waals surface area contributed by atoms with Gasteiger partial charge in [0.25, 0.3) is 0 Å². The van der Waals surface area contributed by atoms with E-state index < -0.39 is 15.3 Å². The first-order valence-corrected chi connectivity index (χ1v) is 13.7. The maximum absolute atomic E-state index is 13.7. The minimum absolute atomic E-state index is 0.0209. The SMILES string of the molecule is CCS(=O)(=O)c1ccc(CC(=O)Nc2cc(C)c3c(n2)CCC(C)(c2ccc(OC)[n+](C)n2)C3=O)cc1. The van der Waals surface area contributed by atoms with E-state index in [0.29, 0.717) is 47.1 Å². The number of carbonyl (C=O) groups is 2. The maximum Gasteiger partial charge on any atom is 0.392 e. The molecule has 1 aromatic carbocycles. The lowest BCUT2D eigenvalue weighted by Gasteiger charge is -2.32. The molecule has 9 nitrogen and oxygen atoms in total. The molecule has 1 N–H and O–H groups in total. The lowest BCUT2D eigenvalue weighted by molar-refractivity contribution is -0.735. The molecule has 1 aliphatic carbocycles. The van der Waals surface area contributed by atoms with Crippen molar-refractivity contribution in [2.75, 3.05) is 18.2 Å². The predicted molar refractivity (Wildman–Crippen MR) is 137 cm³/mol. The molecular formula is C27H31N4O5S+. The minimum atomic E-state index is -3.29. The highest BCUT2D eigenvalue weighted by Gasteiger charge is 2.44. The maximum atomic E-state index is 13.7. The molecule has 0 saturated carbocycles. The highest BCUT2D eigenvalue weighted by Crippen LogP contribution is 2.38. The molecular weight excluding hydrogens is 492 g/mol. The number of carbonyl (C=O) groups excluding carboxylic acids is 2. The van der Waals surface area contributed by atoms with Gasteiger partial charge in [0.05, 0.1) is 41.4 Å². The molecule has 2 heterocycles. The van der Waals surface area contributed by atoms with Crippen LogP contribution < -0.4 is 14.7 Å². The number of amides is 1. The first kappa shape index (κ1) is 26.4. The summed E-state index contributed by atoms with van der Waals surface area (Å²) in [6.45, 7) is 5.33. The number of hydrogen-bond acceptors (Lipinski definition) is 7. The second kappa shape index (κ2) is 10.0. The molecule has 0 spiro atoms. The van der Waals surface area contributed by atoms with Crippen molar-refractivity contribution in [2.24, 2.45) is 7.05 Å². The highest BCUT2D eigenvalue weighted by atomic mass is 32.2. The van der Waals surface area contributed by atoms with Gasteiger partial charge in [0, 0.05) is 5.56 Å². The van der Waals surface area contributed by atoms with Gasteiger partial charge in [0.15, 0.2) is 22.7 Å². The fourth-order valence-electron chi connectivity index (χ4n) is 4.65. The van der Waals surface area contributed by atoms with Crippen molar-refractivity contribution < 1.29 is 27.4 Å². The Hall–Kier alpha value is -3.66. The van der Waals surface area contributed by atoms with E-state index in [2.05, 4.69) is 15.4 Å². The number of rotatable bonds is 7. The van der Waals surface area contributed by atoms with E-state index in [1.54, 1.807) is 50.0 Å². The Morgan fingerprint density at radius 3 is 2.51 bits per heavy atom. The monoisotopic (exact) mass is 523 g/mol. The van der Waals surface area contributed by atoms with Crippen LogP contribution in [-0.4, -0.2) is 43.1 Å². The van der Waals surface area contributed by atoms with Crippen LogP contribution in [0.5, 0.6) is 5.88 Å². The molecule has 0 radical (unpaired) electrons. The average molecular weight is 524 g/mol. The number of pyridine rings is 1. The molecule has 10 heteroatoms. The van der Waals surface area contributed by atoms with Gasteiger partial charge in [-0.3, -0.25) is 9.59 Å². The third kappa shape index (κ3) is 5.11. The summed E-state index contributed by atoms with van der Waals surface area (Å²) < 4.78 is 30.9. The minimum Gasteiger partial charge on any atom is -0.446 e. The molecule has 1 amide bonds. The van der Waals surface area contributed by atoms with E-state index in [-0.39, 0.29) is 28.8 Å². The van der Waals surface area contributed by atoms with E-state index in [0.717, 1.165) is 5.56 Å². The zero-order chi connectivity index (χ0) is 27.0. The van der Waals surface area contributed by atoms with Gasteiger partial charge in [-0.05, 0) is 67.2 Å². The number of anilines is 1. The molecule has 2 aromatic heterocycles. The molecule has 0 saturated heterocycles. The fraction of sp³-hybridized carbons (Fsp3) is 0.370. The second-order valence-corrected chi connectivity index (χ2v) is 11.7. The number of methoxy groups -OCH3 is 1. The van der Waals surface area contributed by atoms with E-state index in [9.17, 15) is 18.0 Å². The van der Waals surface area contributed by atoms with Gasteiger partial charge in [-0.25, -0.2) is 13.4 Å². The van der Waals surface area contributed by atoms with E-state index in [4.69, 9.17) is 4.74 Å². The standard InChI is InChI=1S/C27H30N4O5S/c1-6-37(34,35)19-9-7-18(8-10-19)16-23(32)29-22-15-17(2)25-20(28-22)13-14-27(3,26(25)33)21-11-12-24(36-5)31(4)30-21/h7-12,15H,6,13-14,16H2,1-5H3/p+1. The highest BCUT2D eigenvalue weighted by molar-refractivity contribution is 7.91. The molecule has 0 bridgehead atoms. The third-order valence-electron chi connectivity index (χ3n) is 6.91. The number of ketones is 1. The summed E-state index contributed by atoms with van der Waals surface area (Å²) in [6, 6.07) is 11.6. The Bertz CT molecular complexity index is 1490. The number of Topliss-reactive ketones (excluding diaryl/α,β-unsaturated/α-hetero) is 1. The molecule has 1 unspecified atom stereocenters. The van der Waals surface area contributed by atoms with E-state index in [1.807, 2.05) is 19.9 Å². The summed E-state index contributed by atoms with van der Waals surface area (Å²) >= 11 is 0. The van der Waals surface area contributed by atoms with Crippen LogP contribution in [0.25, 0.3) is 0 Å². The first-order valence-electron chi connectivity index (χ1n) is 12.1. The Labute approximate surface area is 216 Å². The Morgan fingerprint density at radius 2 is 1.89 bits per heavy atom. The molecule has 0 aliphatic heterocycles. The van der Waals surface area contributed by atoms with Crippen molar-refractivity contribution in [1.82, 2.24) is 10.1 Å². The van der Waals surface area contributed by atoms with Gasteiger partial charge in [-0.1, -0.05) is 23.7 Å². The number of benzene rings is 1. The number of nitrogens with one attached hydrogen (secondary N) is 1. The van der Waals surface area contributed by atoms with Crippen LogP contribution in [0.15, 0.2) is 47.4 Å². The summed E-state index contributed by atoms with van der Waals surface area (Å²) in [6.07, 6.45) is 1.17. The summed E-state index contributed by atoms with van der Waals surface area (Å²) in [5.74, 6) is 0.678. The van der Waals surface area contributed by atoms with Crippen LogP contribution in [-0.2, 0) is 39.9 Å². The molecule has 0 fully saturated rings. The Morgan fingerprint density at radius 1 is 1.19 bits per heavy atom. The summed E-state index contributed by atoms with van der Waals surface area (Å²) in [5.41, 5.74) is 2.52. The van der Waals surface area contributed by atoms with Gasteiger partial charge in [0.1, 0.15) is 11.5 Å². The fourth-order valence-corrected chi connectivity index (χ4v) is 5.53. The molecule has 1 aliphatic rings. The van der Waals surface area contributed by atoms with E-state index in [1.165, 1.54) is 12.1 Å². The van der Waals surface area contributed by atoms with E-state index >= 15 is 0 Å².